The normalized spacial score (nSPS) is 11.0. The summed E-state index contributed by atoms with van der Waals surface area (Å²) in [4.78, 5) is 10.9. The van der Waals surface area contributed by atoms with Gasteiger partial charge in [-0.2, -0.15) is 0 Å². The fourth-order valence-corrected chi connectivity index (χ4v) is 1.92. The number of hydrogen-bond acceptors (Lipinski definition) is 4. The Morgan fingerprint density at radius 2 is 1.62 bits per heavy atom. The lowest BCUT2D eigenvalue weighted by Gasteiger charge is -2.06. The Bertz CT molecular complexity index is 643. The van der Waals surface area contributed by atoms with Gasteiger partial charge in [0, 0.05) is 12.1 Å². The van der Waals surface area contributed by atoms with E-state index in [1.54, 1.807) is 42.5 Å². The van der Waals surface area contributed by atoms with Gasteiger partial charge >= 0.3 is 0 Å². The summed E-state index contributed by atoms with van der Waals surface area (Å²) in [7, 11) is 3.07. The summed E-state index contributed by atoms with van der Waals surface area (Å²) in [5, 5.41) is 11.3. The molecule has 0 bridgehead atoms. The van der Waals surface area contributed by atoms with E-state index in [2.05, 4.69) is 0 Å². The van der Waals surface area contributed by atoms with Crippen LogP contribution >= 0.6 is 0 Å². The Morgan fingerprint density at radius 3 is 2.10 bits per heavy atom. The van der Waals surface area contributed by atoms with Crippen LogP contribution in [0.25, 0.3) is 11.8 Å². The van der Waals surface area contributed by atoms with E-state index in [9.17, 15) is 10.1 Å². The molecule has 2 aromatic rings. The number of nitrogens with zero attached hydrogens (tertiary/aromatic N) is 1. The molecule has 2 rings (SSSR count). The minimum absolute atomic E-state index is 0.0194. The van der Waals surface area contributed by atoms with E-state index < -0.39 is 4.92 Å². The van der Waals surface area contributed by atoms with Crippen LogP contribution in [0.2, 0.25) is 0 Å². The Kier molecular flexibility index (Phi) is 4.56. The second kappa shape index (κ2) is 6.56. The molecule has 0 saturated carbocycles. The quantitative estimate of drug-likeness (QED) is 0.479. The van der Waals surface area contributed by atoms with Crippen molar-refractivity contribution in [2.75, 3.05) is 14.2 Å². The highest BCUT2D eigenvalue weighted by molar-refractivity contribution is 5.77. The van der Waals surface area contributed by atoms with Crippen LogP contribution in [0.4, 0.5) is 0 Å². The van der Waals surface area contributed by atoms with Gasteiger partial charge in [0.05, 0.1) is 24.7 Å². The van der Waals surface area contributed by atoms with Gasteiger partial charge in [-0.3, -0.25) is 10.1 Å². The number of hydrogen-bond donors (Lipinski definition) is 0. The van der Waals surface area contributed by atoms with Crippen LogP contribution in [0.3, 0.4) is 0 Å². The molecule has 0 radical (unpaired) electrons. The SMILES string of the molecule is COc1cc(C=C(c2ccccc2)[N+](=O)[O-])cc(OC)c1. The summed E-state index contributed by atoms with van der Waals surface area (Å²) in [5.41, 5.74) is 1.21. The maximum absolute atomic E-state index is 11.3. The third-order valence-corrected chi connectivity index (χ3v) is 2.94. The summed E-state index contributed by atoms with van der Waals surface area (Å²) >= 11 is 0. The molecule has 0 unspecified atom stereocenters. The van der Waals surface area contributed by atoms with Crippen molar-refractivity contribution in [2.45, 2.75) is 0 Å². The number of rotatable bonds is 5. The van der Waals surface area contributed by atoms with Gasteiger partial charge in [-0.15, -0.1) is 0 Å². The van der Waals surface area contributed by atoms with E-state index in [-0.39, 0.29) is 5.70 Å². The van der Waals surface area contributed by atoms with Crippen LogP contribution in [0, 0.1) is 10.1 Å². The van der Waals surface area contributed by atoms with E-state index in [0.29, 0.717) is 22.6 Å². The highest BCUT2D eigenvalue weighted by Crippen LogP contribution is 2.26. The predicted molar refractivity (Wildman–Crippen MR) is 80.9 cm³/mol. The van der Waals surface area contributed by atoms with Crippen LogP contribution in [-0.4, -0.2) is 19.1 Å². The number of methoxy groups -OCH3 is 2. The first-order valence-corrected chi connectivity index (χ1v) is 6.28. The van der Waals surface area contributed by atoms with Crippen molar-refractivity contribution >= 4 is 11.8 Å². The lowest BCUT2D eigenvalue weighted by Crippen LogP contribution is -1.98. The predicted octanol–water partition coefficient (Wildman–Crippen LogP) is 3.48. The second-order valence-corrected chi connectivity index (χ2v) is 4.30. The van der Waals surface area contributed by atoms with Gasteiger partial charge in [0.25, 0.3) is 5.70 Å². The molecule has 0 saturated heterocycles. The van der Waals surface area contributed by atoms with E-state index in [0.717, 1.165) is 0 Å². The first kappa shape index (κ1) is 14.6. The summed E-state index contributed by atoms with van der Waals surface area (Å²) < 4.78 is 10.3. The standard InChI is InChI=1S/C16H15NO4/c1-20-14-8-12(9-15(11-14)21-2)10-16(17(18)19)13-6-4-3-5-7-13/h3-11H,1-2H3. The van der Waals surface area contributed by atoms with Gasteiger partial charge in [0.2, 0.25) is 0 Å². The molecular formula is C16H15NO4. The Balaban J connectivity index is 2.50. The molecule has 0 aromatic heterocycles. The third-order valence-electron chi connectivity index (χ3n) is 2.94. The van der Waals surface area contributed by atoms with Crippen molar-refractivity contribution in [3.8, 4) is 11.5 Å². The minimum Gasteiger partial charge on any atom is -0.497 e. The molecule has 0 N–H and O–H groups in total. The van der Waals surface area contributed by atoms with Gasteiger partial charge in [0.15, 0.2) is 0 Å². The zero-order valence-electron chi connectivity index (χ0n) is 11.8. The number of nitro groups is 1. The van der Waals surface area contributed by atoms with Crippen molar-refractivity contribution in [1.82, 2.24) is 0 Å². The number of benzene rings is 2. The maximum atomic E-state index is 11.3. The molecule has 0 spiro atoms. The second-order valence-electron chi connectivity index (χ2n) is 4.30. The summed E-state index contributed by atoms with van der Waals surface area (Å²) in [6.45, 7) is 0. The van der Waals surface area contributed by atoms with E-state index in [1.165, 1.54) is 20.3 Å². The largest absolute Gasteiger partial charge is 0.497 e. The average Bonchev–Trinajstić information content (AvgIpc) is 2.52. The maximum Gasteiger partial charge on any atom is 0.277 e. The van der Waals surface area contributed by atoms with E-state index >= 15 is 0 Å². The monoisotopic (exact) mass is 285 g/mol. The van der Waals surface area contributed by atoms with Gasteiger partial charge in [-0.25, -0.2) is 0 Å². The topological polar surface area (TPSA) is 61.6 Å². The molecular weight excluding hydrogens is 270 g/mol. The summed E-state index contributed by atoms with van der Waals surface area (Å²) in [6.07, 6.45) is 1.50. The molecule has 0 fully saturated rings. The van der Waals surface area contributed by atoms with Crippen molar-refractivity contribution in [1.29, 1.82) is 0 Å². The van der Waals surface area contributed by atoms with Crippen molar-refractivity contribution in [3.05, 3.63) is 69.8 Å². The van der Waals surface area contributed by atoms with Crippen LogP contribution in [0.15, 0.2) is 48.5 Å². The molecule has 0 aliphatic carbocycles. The van der Waals surface area contributed by atoms with Crippen LogP contribution < -0.4 is 9.47 Å². The molecule has 0 atom stereocenters. The Morgan fingerprint density at radius 1 is 1.05 bits per heavy atom. The molecule has 0 aliphatic heterocycles. The fraction of sp³-hybridized carbons (Fsp3) is 0.125. The molecule has 0 heterocycles. The first-order valence-electron chi connectivity index (χ1n) is 6.28. The molecule has 0 aliphatic rings. The molecule has 5 nitrogen and oxygen atoms in total. The van der Waals surface area contributed by atoms with Crippen LogP contribution in [0.5, 0.6) is 11.5 Å². The van der Waals surface area contributed by atoms with Gasteiger partial charge in [0.1, 0.15) is 11.5 Å². The summed E-state index contributed by atoms with van der Waals surface area (Å²) in [6, 6.07) is 13.9. The molecule has 108 valence electrons. The van der Waals surface area contributed by atoms with Gasteiger partial charge < -0.3 is 9.47 Å². The van der Waals surface area contributed by atoms with Crippen LogP contribution in [-0.2, 0) is 0 Å². The zero-order valence-corrected chi connectivity index (χ0v) is 11.8. The molecule has 0 amide bonds. The lowest BCUT2D eigenvalue weighted by molar-refractivity contribution is -0.374. The highest BCUT2D eigenvalue weighted by Gasteiger charge is 2.14. The summed E-state index contributed by atoms with van der Waals surface area (Å²) in [5.74, 6) is 1.16. The van der Waals surface area contributed by atoms with E-state index in [1.807, 2.05) is 6.07 Å². The lowest BCUT2D eigenvalue weighted by atomic mass is 10.1. The van der Waals surface area contributed by atoms with Crippen molar-refractivity contribution < 1.29 is 14.4 Å². The average molecular weight is 285 g/mol. The van der Waals surface area contributed by atoms with E-state index in [4.69, 9.17) is 9.47 Å². The van der Waals surface area contributed by atoms with Crippen molar-refractivity contribution in [2.24, 2.45) is 0 Å². The van der Waals surface area contributed by atoms with Crippen molar-refractivity contribution in [3.63, 3.8) is 0 Å². The highest BCUT2D eigenvalue weighted by atomic mass is 16.6. The Labute approximate surface area is 122 Å². The van der Waals surface area contributed by atoms with Gasteiger partial charge in [-0.1, -0.05) is 18.2 Å². The minimum atomic E-state index is -0.402. The van der Waals surface area contributed by atoms with Crippen LogP contribution in [0.1, 0.15) is 11.1 Å². The number of ether oxygens (including phenoxy) is 2. The molecule has 21 heavy (non-hydrogen) atoms. The molecule has 2 aromatic carbocycles. The molecule has 5 heteroatoms. The Hall–Kier alpha value is -2.82. The zero-order chi connectivity index (χ0) is 15.2. The smallest absolute Gasteiger partial charge is 0.277 e. The fourth-order valence-electron chi connectivity index (χ4n) is 1.92. The van der Waals surface area contributed by atoms with Gasteiger partial charge in [-0.05, 0) is 29.8 Å². The third kappa shape index (κ3) is 3.60. The first-order chi connectivity index (χ1) is 10.1.